The highest BCUT2D eigenvalue weighted by Crippen LogP contribution is 2.28. The van der Waals surface area contributed by atoms with E-state index in [0.717, 1.165) is 25.4 Å². The first kappa shape index (κ1) is 15.5. The zero-order chi connectivity index (χ0) is 13.4. The smallest absolute Gasteiger partial charge is 0.221 e. The molecule has 0 radical (unpaired) electrons. The van der Waals surface area contributed by atoms with Gasteiger partial charge in [0.05, 0.1) is 0 Å². The van der Waals surface area contributed by atoms with Gasteiger partial charge in [-0.1, -0.05) is 25.7 Å². The normalized spacial score (nSPS) is 17.1. The second-order valence-electron chi connectivity index (χ2n) is 6.57. The SMILES string of the molecule is CC(C)(C)NCCC(=O)NCCCC1CCCC1. The molecule has 18 heavy (non-hydrogen) atoms. The van der Waals surface area contributed by atoms with Crippen molar-refractivity contribution < 1.29 is 4.79 Å². The largest absolute Gasteiger partial charge is 0.356 e. The van der Waals surface area contributed by atoms with E-state index in [-0.39, 0.29) is 11.4 Å². The molecule has 3 nitrogen and oxygen atoms in total. The predicted octanol–water partition coefficient (Wildman–Crippen LogP) is 2.85. The van der Waals surface area contributed by atoms with Crippen molar-refractivity contribution in [2.45, 2.75) is 71.3 Å². The predicted molar refractivity (Wildman–Crippen MR) is 76.6 cm³/mol. The van der Waals surface area contributed by atoms with Crippen molar-refractivity contribution in [2.24, 2.45) is 5.92 Å². The van der Waals surface area contributed by atoms with Gasteiger partial charge in [-0.3, -0.25) is 4.79 Å². The molecule has 106 valence electrons. The number of nitrogens with one attached hydrogen (secondary N) is 2. The Morgan fingerprint density at radius 1 is 1.17 bits per heavy atom. The zero-order valence-corrected chi connectivity index (χ0v) is 12.3. The second kappa shape index (κ2) is 7.78. The van der Waals surface area contributed by atoms with E-state index in [9.17, 15) is 4.79 Å². The van der Waals surface area contributed by atoms with Gasteiger partial charge in [-0.05, 0) is 39.5 Å². The van der Waals surface area contributed by atoms with Crippen LogP contribution in [0.25, 0.3) is 0 Å². The lowest BCUT2D eigenvalue weighted by molar-refractivity contribution is -0.121. The van der Waals surface area contributed by atoms with Crippen LogP contribution in [0.5, 0.6) is 0 Å². The Kier molecular flexibility index (Phi) is 6.69. The molecule has 0 unspecified atom stereocenters. The molecular weight excluding hydrogens is 224 g/mol. The molecule has 1 aliphatic rings. The van der Waals surface area contributed by atoms with Crippen LogP contribution in [0, 0.1) is 5.92 Å². The summed E-state index contributed by atoms with van der Waals surface area (Å²) < 4.78 is 0. The van der Waals surface area contributed by atoms with E-state index in [0.29, 0.717) is 6.42 Å². The summed E-state index contributed by atoms with van der Waals surface area (Å²) in [6, 6.07) is 0. The maximum Gasteiger partial charge on any atom is 0.221 e. The van der Waals surface area contributed by atoms with Gasteiger partial charge >= 0.3 is 0 Å². The Labute approximate surface area is 112 Å². The van der Waals surface area contributed by atoms with Crippen LogP contribution in [-0.2, 0) is 4.79 Å². The van der Waals surface area contributed by atoms with Crippen molar-refractivity contribution in [3.05, 3.63) is 0 Å². The molecule has 1 fully saturated rings. The van der Waals surface area contributed by atoms with Crippen LogP contribution in [0.1, 0.15) is 65.7 Å². The molecular formula is C15H30N2O. The highest BCUT2D eigenvalue weighted by molar-refractivity contribution is 5.75. The Morgan fingerprint density at radius 2 is 1.83 bits per heavy atom. The molecule has 1 aliphatic carbocycles. The van der Waals surface area contributed by atoms with Gasteiger partial charge in [-0.15, -0.1) is 0 Å². The van der Waals surface area contributed by atoms with Crippen LogP contribution in [0.4, 0.5) is 0 Å². The highest BCUT2D eigenvalue weighted by Gasteiger charge is 2.14. The first-order chi connectivity index (χ1) is 8.47. The molecule has 3 heteroatoms. The quantitative estimate of drug-likeness (QED) is 0.686. The molecule has 0 aliphatic heterocycles. The third kappa shape index (κ3) is 7.70. The monoisotopic (exact) mass is 254 g/mol. The van der Waals surface area contributed by atoms with Crippen LogP contribution in [-0.4, -0.2) is 24.5 Å². The van der Waals surface area contributed by atoms with Gasteiger partial charge in [0.25, 0.3) is 0 Å². The Morgan fingerprint density at radius 3 is 2.44 bits per heavy atom. The average molecular weight is 254 g/mol. The first-order valence-electron chi connectivity index (χ1n) is 7.49. The fourth-order valence-corrected chi connectivity index (χ4v) is 2.56. The first-order valence-corrected chi connectivity index (χ1v) is 7.49. The lowest BCUT2D eigenvalue weighted by Gasteiger charge is -2.20. The van der Waals surface area contributed by atoms with Gasteiger partial charge in [0.15, 0.2) is 0 Å². The Hall–Kier alpha value is -0.570. The summed E-state index contributed by atoms with van der Waals surface area (Å²) in [5.41, 5.74) is 0.1000. The zero-order valence-electron chi connectivity index (χ0n) is 12.3. The van der Waals surface area contributed by atoms with Crippen LogP contribution < -0.4 is 10.6 Å². The van der Waals surface area contributed by atoms with Gasteiger partial charge in [0, 0.05) is 25.0 Å². The van der Waals surface area contributed by atoms with Crippen LogP contribution >= 0.6 is 0 Å². The lowest BCUT2D eigenvalue weighted by Crippen LogP contribution is -2.38. The number of hydrogen-bond donors (Lipinski definition) is 2. The van der Waals surface area contributed by atoms with E-state index in [1.165, 1.54) is 32.1 Å². The number of carbonyl (C=O) groups is 1. The van der Waals surface area contributed by atoms with E-state index in [4.69, 9.17) is 0 Å². The molecule has 0 saturated heterocycles. The van der Waals surface area contributed by atoms with Gasteiger partial charge in [-0.25, -0.2) is 0 Å². The van der Waals surface area contributed by atoms with Crippen molar-refractivity contribution in [1.82, 2.24) is 10.6 Å². The van der Waals surface area contributed by atoms with Gasteiger partial charge in [-0.2, -0.15) is 0 Å². The minimum Gasteiger partial charge on any atom is -0.356 e. The number of rotatable bonds is 7. The number of hydrogen-bond acceptors (Lipinski definition) is 2. The summed E-state index contributed by atoms with van der Waals surface area (Å²) in [6.45, 7) is 7.97. The maximum absolute atomic E-state index is 11.6. The Bertz CT molecular complexity index is 239. The molecule has 1 rings (SSSR count). The summed E-state index contributed by atoms with van der Waals surface area (Å²) >= 11 is 0. The Balaban J connectivity index is 1.93. The second-order valence-corrected chi connectivity index (χ2v) is 6.57. The minimum atomic E-state index is 0.1000. The third-order valence-corrected chi connectivity index (χ3v) is 3.59. The summed E-state index contributed by atoms with van der Waals surface area (Å²) in [7, 11) is 0. The summed E-state index contributed by atoms with van der Waals surface area (Å²) in [6.07, 6.45) is 8.65. The third-order valence-electron chi connectivity index (χ3n) is 3.59. The van der Waals surface area contributed by atoms with E-state index in [1.807, 2.05) is 0 Å². The average Bonchev–Trinajstić information content (AvgIpc) is 2.75. The van der Waals surface area contributed by atoms with Crippen molar-refractivity contribution in [1.29, 1.82) is 0 Å². The number of amides is 1. The fraction of sp³-hybridized carbons (Fsp3) is 0.933. The van der Waals surface area contributed by atoms with Gasteiger partial charge < -0.3 is 10.6 Å². The van der Waals surface area contributed by atoms with E-state index in [1.54, 1.807) is 0 Å². The molecule has 0 aromatic carbocycles. The van der Waals surface area contributed by atoms with Crippen LogP contribution in [0.2, 0.25) is 0 Å². The molecule has 0 spiro atoms. The molecule has 0 bridgehead atoms. The van der Waals surface area contributed by atoms with Crippen molar-refractivity contribution in [3.8, 4) is 0 Å². The molecule has 1 amide bonds. The molecule has 0 aromatic rings. The highest BCUT2D eigenvalue weighted by atomic mass is 16.1. The van der Waals surface area contributed by atoms with E-state index in [2.05, 4.69) is 31.4 Å². The molecule has 0 aromatic heterocycles. The standard InChI is InChI=1S/C15H30N2O/c1-15(2,3)17-12-10-14(18)16-11-6-9-13-7-4-5-8-13/h13,17H,4-12H2,1-3H3,(H,16,18). The van der Waals surface area contributed by atoms with Gasteiger partial charge in [0.2, 0.25) is 5.91 Å². The fourth-order valence-electron chi connectivity index (χ4n) is 2.56. The van der Waals surface area contributed by atoms with Crippen molar-refractivity contribution >= 4 is 5.91 Å². The summed E-state index contributed by atoms with van der Waals surface area (Å²) in [5.74, 6) is 1.11. The van der Waals surface area contributed by atoms with Crippen molar-refractivity contribution in [3.63, 3.8) is 0 Å². The lowest BCUT2D eigenvalue weighted by atomic mass is 10.0. The van der Waals surface area contributed by atoms with Gasteiger partial charge in [0.1, 0.15) is 0 Å². The maximum atomic E-state index is 11.6. The summed E-state index contributed by atoms with van der Waals surface area (Å²) in [5, 5.41) is 6.34. The number of carbonyl (C=O) groups excluding carboxylic acids is 1. The topological polar surface area (TPSA) is 41.1 Å². The molecule has 0 heterocycles. The summed E-state index contributed by atoms with van der Waals surface area (Å²) in [4.78, 5) is 11.6. The van der Waals surface area contributed by atoms with E-state index < -0.39 is 0 Å². The van der Waals surface area contributed by atoms with Crippen LogP contribution in [0.3, 0.4) is 0 Å². The molecule has 0 atom stereocenters. The van der Waals surface area contributed by atoms with E-state index >= 15 is 0 Å². The molecule has 1 saturated carbocycles. The van der Waals surface area contributed by atoms with Crippen molar-refractivity contribution in [2.75, 3.05) is 13.1 Å². The molecule has 2 N–H and O–H groups in total. The van der Waals surface area contributed by atoms with Crippen LogP contribution in [0.15, 0.2) is 0 Å². The minimum absolute atomic E-state index is 0.1000.